The van der Waals surface area contributed by atoms with Crippen molar-refractivity contribution in [1.82, 2.24) is 9.97 Å². The van der Waals surface area contributed by atoms with Crippen LogP contribution in [0, 0.1) is 6.92 Å². The molecule has 1 amide bonds. The lowest BCUT2D eigenvalue weighted by Crippen LogP contribution is -2.12. The second-order valence-corrected chi connectivity index (χ2v) is 7.50. The predicted molar refractivity (Wildman–Crippen MR) is 119 cm³/mol. The fourth-order valence-corrected chi connectivity index (χ4v) is 3.55. The Morgan fingerprint density at radius 1 is 1.23 bits per heavy atom. The van der Waals surface area contributed by atoms with Crippen molar-refractivity contribution in [2.45, 2.75) is 39.0 Å². The number of phenols is 1. The first-order valence-corrected chi connectivity index (χ1v) is 10.1. The molecule has 7 N–H and O–H groups in total. The van der Waals surface area contributed by atoms with E-state index in [4.69, 9.17) is 11.5 Å². The maximum Gasteiger partial charge on any atom is 0.217 e. The Bertz CT molecular complexity index is 952. The summed E-state index contributed by atoms with van der Waals surface area (Å²) in [5, 5.41) is 12.6. The van der Waals surface area contributed by atoms with Crippen LogP contribution in [0.2, 0.25) is 0 Å². The minimum Gasteiger partial charge on any atom is -0.508 e. The number of nitrogens with two attached hydrogens (primary N) is 2. The highest BCUT2D eigenvalue weighted by atomic mass is 16.3. The Hall–Kier alpha value is -3.48. The molecule has 0 spiro atoms. The van der Waals surface area contributed by atoms with E-state index in [1.165, 1.54) is 23.7 Å². The summed E-state index contributed by atoms with van der Waals surface area (Å²) in [7, 11) is 0. The molecule has 3 aromatic rings. The van der Waals surface area contributed by atoms with E-state index in [1.807, 2.05) is 13.0 Å². The van der Waals surface area contributed by atoms with Crippen molar-refractivity contribution in [3.8, 4) is 5.75 Å². The van der Waals surface area contributed by atoms with Crippen LogP contribution in [0.25, 0.3) is 0 Å². The van der Waals surface area contributed by atoms with Gasteiger partial charge in [-0.25, -0.2) is 4.98 Å². The zero-order chi connectivity index (χ0) is 21.5. The number of aromatic nitrogens is 2. The number of amides is 1. The minimum atomic E-state index is -0.350. The molecule has 1 aliphatic heterocycles. The Labute approximate surface area is 176 Å². The summed E-state index contributed by atoms with van der Waals surface area (Å²) >= 11 is 0. The molecule has 0 aliphatic carbocycles. The quantitative estimate of drug-likeness (QED) is 0.415. The first-order valence-electron chi connectivity index (χ1n) is 10.1. The lowest BCUT2D eigenvalue weighted by atomic mass is 10.0. The zero-order valence-corrected chi connectivity index (χ0v) is 17.2. The molecule has 1 aromatic heterocycles. The fourth-order valence-electron chi connectivity index (χ4n) is 3.55. The van der Waals surface area contributed by atoms with Crippen LogP contribution in [0.1, 0.15) is 41.1 Å². The number of hydrogen-bond acceptors (Lipinski definition) is 5. The molecule has 0 saturated carbocycles. The molecule has 7 nitrogen and oxygen atoms in total. The number of hydrogen-bond donors (Lipinski definition) is 5. The van der Waals surface area contributed by atoms with Gasteiger partial charge in [0.15, 0.2) is 0 Å². The maximum absolute atomic E-state index is 10.6. The van der Waals surface area contributed by atoms with Gasteiger partial charge in [-0.2, -0.15) is 0 Å². The number of nitrogen functional groups attached to an aromatic ring is 1. The summed E-state index contributed by atoms with van der Waals surface area (Å²) in [6, 6.07) is 13.5. The first-order chi connectivity index (χ1) is 14.4. The summed E-state index contributed by atoms with van der Waals surface area (Å²) in [5.74, 6) is 1.91. The summed E-state index contributed by atoms with van der Waals surface area (Å²) in [6.45, 7) is 2.88. The number of carbonyl (C=O) groups excluding carboxylic acids is 1. The third-order valence-corrected chi connectivity index (χ3v) is 5.05. The summed E-state index contributed by atoms with van der Waals surface area (Å²) in [5.41, 5.74) is 15.6. The van der Waals surface area contributed by atoms with E-state index < -0.39 is 0 Å². The van der Waals surface area contributed by atoms with Crippen LogP contribution in [0.3, 0.4) is 0 Å². The number of rotatable bonds is 5. The maximum atomic E-state index is 10.6. The van der Waals surface area contributed by atoms with Gasteiger partial charge < -0.3 is 26.9 Å². The number of benzene rings is 2. The standard InChI is InChI=1S/C13H15N3.C10H14N2O2/c1-2-5-10(6-3-1)9-12-15-11-7-4-8-14-13(11)16-12;1-6-4-7(13)5-9(11)8(6)2-3-10(12)14/h1-3,5-6,14H,4,7-9H2,(H,15,16);4-5,13H,2-3,11H2,1H3,(H2,12,14). The fraction of sp³-hybridized carbons (Fsp3) is 0.304. The van der Waals surface area contributed by atoms with Crippen molar-refractivity contribution in [2.75, 3.05) is 17.6 Å². The van der Waals surface area contributed by atoms with Crippen molar-refractivity contribution in [3.05, 3.63) is 70.7 Å². The van der Waals surface area contributed by atoms with Crippen LogP contribution in [-0.4, -0.2) is 27.5 Å². The molecule has 4 rings (SSSR count). The molecule has 0 fully saturated rings. The Morgan fingerprint density at radius 2 is 2.00 bits per heavy atom. The van der Waals surface area contributed by atoms with Gasteiger partial charge in [-0.05, 0) is 48.9 Å². The third kappa shape index (κ3) is 5.76. The van der Waals surface area contributed by atoms with E-state index in [1.54, 1.807) is 6.07 Å². The van der Waals surface area contributed by atoms with Gasteiger partial charge in [-0.3, -0.25) is 4.79 Å². The number of primary amides is 1. The van der Waals surface area contributed by atoms with Crippen molar-refractivity contribution in [2.24, 2.45) is 5.73 Å². The molecule has 7 heteroatoms. The summed E-state index contributed by atoms with van der Waals surface area (Å²) < 4.78 is 0. The van der Waals surface area contributed by atoms with E-state index in [0.29, 0.717) is 12.1 Å². The van der Waals surface area contributed by atoms with Crippen molar-refractivity contribution in [3.63, 3.8) is 0 Å². The van der Waals surface area contributed by atoms with Gasteiger partial charge in [0.05, 0.1) is 5.69 Å². The van der Waals surface area contributed by atoms with E-state index in [9.17, 15) is 9.90 Å². The van der Waals surface area contributed by atoms with Crippen molar-refractivity contribution >= 4 is 17.4 Å². The number of aryl methyl sites for hydroxylation is 2. The molecule has 158 valence electrons. The molecule has 0 bridgehead atoms. The molecule has 1 aliphatic rings. The Morgan fingerprint density at radius 3 is 2.67 bits per heavy atom. The van der Waals surface area contributed by atoms with Crippen LogP contribution >= 0.6 is 0 Å². The topological polar surface area (TPSA) is 130 Å². The average Bonchev–Trinajstić information content (AvgIpc) is 3.10. The van der Waals surface area contributed by atoms with Gasteiger partial charge in [0, 0.05) is 31.1 Å². The SMILES string of the molecule is Cc1cc(O)cc(N)c1CCC(N)=O.c1ccc(Cc2nc3c([nH]2)CCCN3)cc1. The second kappa shape index (κ2) is 9.82. The number of anilines is 2. The highest BCUT2D eigenvalue weighted by Gasteiger charge is 2.13. The normalized spacial score (nSPS) is 12.3. The van der Waals surface area contributed by atoms with Crippen molar-refractivity contribution < 1.29 is 9.90 Å². The van der Waals surface area contributed by atoms with Gasteiger partial charge in [0.25, 0.3) is 0 Å². The summed E-state index contributed by atoms with van der Waals surface area (Å²) in [6.07, 6.45) is 3.99. The number of aromatic hydroxyl groups is 1. The van der Waals surface area contributed by atoms with Gasteiger partial charge in [-0.1, -0.05) is 30.3 Å². The molecule has 0 saturated heterocycles. The largest absolute Gasteiger partial charge is 0.508 e. The molecular weight excluding hydrogens is 378 g/mol. The molecule has 2 heterocycles. The van der Waals surface area contributed by atoms with E-state index >= 15 is 0 Å². The number of phenolic OH excluding ortho intramolecular Hbond substituents is 1. The van der Waals surface area contributed by atoms with Crippen LogP contribution in [0.4, 0.5) is 11.5 Å². The van der Waals surface area contributed by atoms with E-state index in [-0.39, 0.29) is 18.1 Å². The van der Waals surface area contributed by atoms with E-state index in [0.717, 1.165) is 42.2 Å². The van der Waals surface area contributed by atoms with Gasteiger partial charge in [0.1, 0.15) is 17.4 Å². The molecule has 0 atom stereocenters. The predicted octanol–water partition coefficient (Wildman–Crippen LogP) is 3.06. The number of nitrogens with one attached hydrogen (secondary N) is 2. The van der Waals surface area contributed by atoms with Crippen LogP contribution < -0.4 is 16.8 Å². The van der Waals surface area contributed by atoms with Gasteiger partial charge in [0.2, 0.25) is 5.91 Å². The monoisotopic (exact) mass is 407 g/mol. The third-order valence-electron chi connectivity index (χ3n) is 5.05. The molecular formula is C23H29N5O2. The Balaban J connectivity index is 0.000000173. The molecule has 2 aromatic carbocycles. The smallest absolute Gasteiger partial charge is 0.217 e. The van der Waals surface area contributed by atoms with E-state index in [2.05, 4.69) is 39.6 Å². The zero-order valence-electron chi connectivity index (χ0n) is 17.2. The lowest BCUT2D eigenvalue weighted by Gasteiger charge is -2.10. The molecule has 0 unspecified atom stereocenters. The number of aromatic amines is 1. The van der Waals surface area contributed by atoms with Gasteiger partial charge in [-0.15, -0.1) is 0 Å². The van der Waals surface area contributed by atoms with Crippen LogP contribution in [0.15, 0.2) is 42.5 Å². The highest BCUT2D eigenvalue weighted by molar-refractivity contribution is 5.74. The average molecular weight is 408 g/mol. The number of H-pyrrole nitrogens is 1. The lowest BCUT2D eigenvalue weighted by molar-refractivity contribution is -0.117. The molecule has 0 radical (unpaired) electrons. The van der Waals surface area contributed by atoms with Crippen LogP contribution in [-0.2, 0) is 24.1 Å². The summed E-state index contributed by atoms with van der Waals surface area (Å²) in [4.78, 5) is 18.6. The van der Waals surface area contributed by atoms with Crippen LogP contribution in [0.5, 0.6) is 5.75 Å². The highest BCUT2D eigenvalue weighted by Crippen LogP contribution is 2.24. The number of nitrogens with zero attached hydrogens (tertiary/aromatic N) is 1. The Kier molecular flexibility index (Phi) is 6.95. The van der Waals surface area contributed by atoms with Crippen molar-refractivity contribution in [1.29, 1.82) is 0 Å². The van der Waals surface area contributed by atoms with Gasteiger partial charge >= 0.3 is 0 Å². The number of carbonyl (C=O) groups is 1. The first kappa shape index (κ1) is 21.2. The minimum absolute atomic E-state index is 0.142. The molecule has 30 heavy (non-hydrogen) atoms. The number of imidazole rings is 1. The second-order valence-electron chi connectivity index (χ2n) is 7.50. The number of fused-ring (bicyclic) bond motifs is 1.